The molecule has 1 aromatic carbocycles. The summed E-state index contributed by atoms with van der Waals surface area (Å²) in [6, 6.07) is 5.80. The molecule has 0 radical (unpaired) electrons. The summed E-state index contributed by atoms with van der Waals surface area (Å²) in [5.41, 5.74) is 1.26. The quantitative estimate of drug-likeness (QED) is 0.783. The molecule has 0 bridgehead atoms. The molecule has 3 rings (SSSR count). The number of aliphatic hydroxyl groups is 1. The summed E-state index contributed by atoms with van der Waals surface area (Å²) in [6.07, 6.45) is 3.29. The minimum atomic E-state index is -3.64. The van der Waals surface area contributed by atoms with Gasteiger partial charge in [0.25, 0.3) is 5.91 Å². The normalized spacial score (nSPS) is 18.4. The Hall–Kier alpha value is -2.23. The molecule has 2 N–H and O–H groups in total. The number of amides is 1. The van der Waals surface area contributed by atoms with Crippen LogP contribution in [-0.4, -0.2) is 52.7 Å². The number of aryl methyl sites for hydroxylation is 1. The molecular weight excluding hydrogens is 344 g/mol. The van der Waals surface area contributed by atoms with Crippen molar-refractivity contribution in [2.75, 3.05) is 13.1 Å². The Kier molecular flexibility index (Phi) is 4.89. The van der Waals surface area contributed by atoms with Gasteiger partial charge in [-0.1, -0.05) is 0 Å². The standard InChI is InChI=1S/C16H20N4O4S/c1-19-10-12(9-18-19)8-17-16(22)13-2-4-15(5-3-13)25(23,24)20-7-6-14(21)11-20/h2-5,9-10,14,21H,6-8,11H2,1H3,(H,17,22)/t14-/m0/s1. The minimum absolute atomic E-state index is 0.107. The Morgan fingerprint density at radius 1 is 1.36 bits per heavy atom. The largest absolute Gasteiger partial charge is 0.392 e. The molecule has 9 heteroatoms. The molecule has 1 aliphatic heterocycles. The Balaban J connectivity index is 1.66. The van der Waals surface area contributed by atoms with E-state index in [4.69, 9.17) is 0 Å². The van der Waals surface area contributed by atoms with Crippen LogP contribution in [0.3, 0.4) is 0 Å². The van der Waals surface area contributed by atoms with Crippen molar-refractivity contribution in [1.82, 2.24) is 19.4 Å². The third kappa shape index (κ3) is 3.89. The van der Waals surface area contributed by atoms with E-state index in [1.807, 2.05) is 0 Å². The molecular formula is C16H20N4O4S. The lowest BCUT2D eigenvalue weighted by Crippen LogP contribution is -2.29. The Labute approximate surface area is 146 Å². The van der Waals surface area contributed by atoms with Crippen molar-refractivity contribution in [2.45, 2.75) is 24.0 Å². The molecule has 1 amide bonds. The lowest BCUT2D eigenvalue weighted by atomic mass is 10.2. The fourth-order valence-electron chi connectivity index (χ4n) is 2.70. The van der Waals surface area contributed by atoms with E-state index in [2.05, 4.69) is 10.4 Å². The van der Waals surface area contributed by atoms with Crippen LogP contribution >= 0.6 is 0 Å². The smallest absolute Gasteiger partial charge is 0.251 e. The van der Waals surface area contributed by atoms with Gasteiger partial charge in [0.2, 0.25) is 10.0 Å². The number of carbonyl (C=O) groups is 1. The van der Waals surface area contributed by atoms with Gasteiger partial charge in [0.05, 0.1) is 17.2 Å². The zero-order valence-electron chi connectivity index (χ0n) is 13.8. The average Bonchev–Trinajstić information content (AvgIpc) is 3.21. The maximum atomic E-state index is 12.5. The fourth-order valence-corrected chi connectivity index (χ4v) is 4.20. The van der Waals surface area contributed by atoms with Gasteiger partial charge in [-0.05, 0) is 30.7 Å². The molecule has 1 aliphatic rings. The Bertz CT molecular complexity index is 861. The molecule has 0 saturated carbocycles. The molecule has 2 aromatic rings. The van der Waals surface area contributed by atoms with Crippen molar-refractivity contribution in [2.24, 2.45) is 7.05 Å². The van der Waals surface area contributed by atoms with Crippen molar-refractivity contribution in [1.29, 1.82) is 0 Å². The number of carbonyl (C=O) groups excluding carboxylic acids is 1. The summed E-state index contributed by atoms with van der Waals surface area (Å²) in [5.74, 6) is -0.288. The molecule has 8 nitrogen and oxygen atoms in total. The number of aromatic nitrogens is 2. The molecule has 0 unspecified atom stereocenters. The first-order chi connectivity index (χ1) is 11.9. The molecule has 1 aromatic heterocycles. The number of nitrogens with one attached hydrogen (secondary N) is 1. The Morgan fingerprint density at radius 2 is 2.08 bits per heavy atom. The monoisotopic (exact) mass is 364 g/mol. The second kappa shape index (κ2) is 6.95. The van der Waals surface area contributed by atoms with Crippen LogP contribution in [0.5, 0.6) is 0 Å². The molecule has 1 atom stereocenters. The van der Waals surface area contributed by atoms with E-state index in [0.717, 1.165) is 5.56 Å². The summed E-state index contributed by atoms with van der Waals surface area (Å²) in [6.45, 7) is 0.755. The van der Waals surface area contributed by atoms with E-state index in [9.17, 15) is 18.3 Å². The molecule has 25 heavy (non-hydrogen) atoms. The zero-order valence-corrected chi connectivity index (χ0v) is 14.6. The van der Waals surface area contributed by atoms with Gasteiger partial charge in [-0.15, -0.1) is 0 Å². The number of β-amino-alcohol motifs (C(OH)–C–C–N with tert-alkyl or cyclic N) is 1. The van der Waals surface area contributed by atoms with Gasteiger partial charge in [-0.3, -0.25) is 9.48 Å². The highest BCUT2D eigenvalue weighted by molar-refractivity contribution is 7.89. The van der Waals surface area contributed by atoms with Crippen LogP contribution in [0.2, 0.25) is 0 Å². The molecule has 1 fully saturated rings. The third-order valence-corrected chi connectivity index (χ3v) is 5.97. The highest BCUT2D eigenvalue weighted by Crippen LogP contribution is 2.21. The number of nitrogens with zero attached hydrogens (tertiary/aromatic N) is 3. The van der Waals surface area contributed by atoms with Crippen molar-refractivity contribution in [3.63, 3.8) is 0 Å². The second-order valence-electron chi connectivity index (χ2n) is 6.03. The number of sulfonamides is 1. The SMILES string of the molecule is Cn1cc(CNC(=O)c2ccc(S(=O)(=O)N3CC[C@H](O)C3)cc2)cn1. The van der Waals surface area contributed by atoms with Crippen LogP contribution in [0, 0.1) is 0 Å². The first-order valence-corrected chi connectivity index (χ1v) is 9.34. The summed E-state index contributed by atoms with van der Waals surface area (Å²) in [4.78, 5) is 12.3. The maximum Gasteiger partial charge on any atom is 0.251 e. The van der Waals surface area contributed by atoms with Gasteiger partial charge in [0, 0.05) is 44.0 Å². The van der Waals surface area contributed by atoms with Crippen molar-refractivity contribution in [3.8, 4) is 0 Å². The second-order valence-corrected chi connectivity index (χ2v) is 7.97. The summed E-state index contributed by atoms with van der Waals surface area (Å²) in [5, 5.41) is 16.3. The molecule has 134 valence electrons. The average molecular weight is 364 g/mol. The molecule has 0 spiro atoms. The van der Waals surface area contributed by atoms with E-state index in [1.165, 1.54) is 28.6 Å². The van der Waals surface area contributed by atoms with Gasteiger partial charge >= 0.3 is 0 Å². The van der Waals surface area contributed by atoms with E-state index in [0.29, 0.717) is 25.1 Å². The van der Waals surface area contributed by atoms with Crippen LogP contribution in [0.25, 0.3) is 0 Å². The molecule has 1 saturated heterocycles. The van der Waals surface area contributed by atoms with Gasteiger partial charge < -0.3 is 10.4 Å². The maximum absolute atomic E-state index is 12.5. The van der Waals surface area contributed by atoms with E-state index in [-0.39, 0.29) is 17.3 Å². The Morgan fingerprint density at radius 3 is 2.64 bits per heavy atom. The van der Waals surface area contributed by atoms with Gasteiger partial charge in [0.1, 0.15) is 0 Å². The number of hydrogen-bond acceptors (Lipinski definition) is 5. The van der Waals surface area contributed by atoms with E-state index < -0.39 is 16.1 Å². The first-order valence-electron chi connectivity index (χ1n) is 7.90. The van der Waals surface area contributed by atoms with Crippen molar-refractivity contribution >= 4 is 15.9 Å². The van der Waals surface area contributed by atoms with Crippen LogP contribution in [-0.2, 0) is 23.6 Å². The fraction of sp³-hybridized carbons (Fsp3) is 0.375. The summed E-state index contributed by atoms with van der Waals surface area (Å²) < 4.78 is 27.9. The van der Waals surface area contributed by atoms with Crippen molar-refractivity contribution < 1.29 is 18.3 Å². The predicted octanol–water partition coefficient (Wildman–Crippen LogP) is 0.105. The van der Waals surface area contributed by atoms with Gasteiger partial charge in [0.15, 0.2) is 0 Å². The lowest BCUT2D eigenvalue weighted by molar-refractivity contribution is 0.0951. The van der Waals surface area contributed by atoms with Gasteiger partial charge in [-0.2, -0.15) is 9.40 Å². The highest BCUT2D eigenvalue weighted by atomic mass is 32.2. The van der Waals surface area contributed by atoms with Crippen LogP contribution in [0.15, 0.2) is 41.6 Å². The zero-order chi connectivity index (χ0) is 18.0. The van der Waals surface area contributed by atoms with Crippen molar-refractivity contribution in [3.05, 3.63) is 47.8 Å². The first kappa shape index (κ1) is 17.6. The van der Waals surface area contributed by atoms with Crippen LogP contribution in [0.4, 0.5) is 0 Å². The molecule has 0 aliphatic carbocycles. The third-order valence-electron chi connectivity index (χ3n) is 4.09. The minimum Gasteiger partial charge on any atom is -0.392 e. The predicted molar refractivity (Wildman–Crippen MR) is 90.2 cm³/mol. The van der Waals surface area contributed by atoms with Crippen LogP contribution in [0.1, 0.15) is 22.3 Å². The van der Waals surface area contributed by atoms with Crippen LogP contribution < -0.4 is 5.32 Å². The highest BCUT2D eigenvalue weighted by Gasteiger charge is 2.31. The summed E-state index contributed by atoms with van der Waals surface area (Å²) in [7, 11) is -1.84. The number of aliphatic hydroxyl groups excluding tert-OH is 1. The van der Waals surface area contributed by atoms with Gasteiger partial charge in [-0.25, -0.2) is 8.42 Å². The topological polar surface area (TPSA) is 105 Å². The number of rotatable bonds is 5. The molecule has 2 heterocycles. The lowest BCUT2D eigenvalue weighted by Gasteiger charge is -2.15. The number of benzene rings is 1. The van der Waals surface area contributed by atoms with E-state index in [1.54, 1.807) is 24.1 Å². The van der Waals surface area contributed by atoms with E-state index >= 15 is 0 Å². The number of hydrogen-bond donors (Lipinski definition) is 2. The summed E-state index contributed by atoms with van der Waals surface area (Å²) >= 11 is 0.